The first-order valence-electron chi connectivity index (χ1n) is 5.77. The Labute approximate surface area is 106 Å². The maximum atomic E-state index is 11.2. The summed E-state index contributed by atoms with van der Waals surface area (Å²) in [5, 5.41) is 10.3. The first-order chi connectivity index (χ1) is 8.55. The van der Waals surface area contributed by atoms with Gasteiger partial charge >= 0.3 is 5.97 Å². The van der Waals surface area contributed by atoms with E-state index in [0.29, 0.717) is 6.42 Å². The summed E-state index contributed by atoms with van der Waals surface area (Å²) in [5.41, 5.74) is 0.667. The number of rotatable bonds is 4. The zero-order chi connectivity index (χ0) is 13.2. The molecule has 1 aromatic heterocycles. The van der Waals surface area contributed by atoms with Crippen LogP contribution >= 0.6 is 0 Å². The lowest BCUT2D eigenvalue weighted by atomic mass is 9.85. The lowest BCUT2D eigenvalue weighted by molar-refractivity contribution is -0.145. The highest BCUT2D eigenvalue weighted by Crippen LogP contribution is 2.24. The fraction of sp³-hybridized carbons (Fsp3) is 0.200. The molecule has 3 nitrogen and oxygen atoms in total. The van der Waals surface area contributed by atoms with Gasteiger partial charge in [0.2, 0.25) is 0 Å². The van der Waals surface area contributed by atoms with Crippen molar-refractivity contribution >= 4 is 16.9 Å². The Morgan fingerprint density at radius 3 is 2.78 bits per heavy atom. The summed E-state index contributed by atoms with van der Waals surface area (Å²) in [6, 6.07) is 11.6. The number of nitrogens with zero attached hydrogens (tertiary/aromatic N) is 1. The molecule has 0 saturated heterocycles. The number of hydrogen-bond donors (Lipinski definition) is 1. The van der Waals surface area contributed by atoms with Crippen LogP contribution in [0.3, 0.4) is 0 Å². The molecule has 0 aliphatic carbocycles. The molecular formula is C15H15NO2. The van der Waals surface area contributed by atoms with Crippen molar-refractivity contribution in [3.05, 3.63) is 54.7 Å². The van der Waals surface area contributed by atoms with E-state index in [-0.39, 0.29) is 0 Å². The molecule has 1 aromatic carbocycles. The number of carboxylic acids is 1. The first kappa shape index (κ1) is 12.3. The molecule has 0 aliphatic heterocycles. The second-order valence-corrected chi connectivity index (χ2v) is 4.60. The van der Waals surface area contributed by atoms with Crippen molar-refractivity contribution in [1.29, 1.82) is 0 Å². The highest BCUT2D eigenvalue weighted by atomic mass is 16.4. The summed E-state index contributed by atoms with van der Waals surface area (Å²) >= 11 is 0. The number of carboxylic acid groups (broad SMARTS) is 1. The quantitative estimate of drug-likeness (QED) is 0.837. The molecular weight excluding hydrogens is 226 g/mol. The molecule has 1 atom stereocenters. The second-order valence-electron chi connectivity index (χ2n) is 4.60. The van der Waals surface area contributed by atoms with Crippen molar-refractivity contribution in [3.63, 3.8) is 0 Å². The molecule has 92 valence electrons. The molecule has 0 spiro atoms. The van der Waals surface area contributed by atoms with E-state index in [1.165, 1.54) is 6.08 Å². The van der Waals surface area contributed by atoms with Gasteiger partial charge in [0.05, 0.1) is 10.9 Å². The minimum atomic E-state index is -0.977. The van der Waals surface area contributed by atoms with E-state index in [1.54, 1.807) is 6.92 Å². The third-order valence-electron chi connectivity index (χ3n) is 3.14. The van der Waals surface area contributed by atoms with Gasteiger partial charge in [0, 0.05) is 17.5 Å². The number of aliphatic carboxylic acids is 1. The Kier molecular flexibility index (Phi) is 3.15. The average Bonchev–Trinajstić information content (AvgIpc) is 2.38. The Balaban J connectivity index is 2.37. The normalized spacial score (nSPS) is 14.1. The van der Waals surface area contributed by atoms with Crippen LogP contribution in [-0.4, -0.2) is 16.1 Å². The number of para-hydroxylation sites is 1. The third-order valence-corrected chi connectivity index (χ3v) is 3.14. The molecule has 0 radical (unpaired) electrons. The van der Waals surface area contributed by atoms with Crippen LogP contribution in [-0.2, 0) is 11.2 Å². The maximum absolute atomic E-state index is 11.2. The molecule has 3 heteroatoms. The first-order valence-corrected chi connectivity index (χ1v) is 5.77. The zero-order valence-electron chi connectivity index (χ0n) is 10.3. The Hall–Kier alpha value is -2.16. The van der Waals surface area contributed by atoms with E-state index < -0.39 is 11.4 Å². The van der Waals surface area contributed by atoms with Crippen molar-refractivity contribution in [2.75, 3.05) is 0 Å². The summed E-state index contributed by atoms with van der Waals surface area (Å²) in [7, 11) is 0. The molecule has 1 unspecified atom stereocenters. The van der Waals surface area contributed by atoms with Gasteiger partial charge in [-0.1, -0.05) is 30.3 Å². The van der Waals surface area contributed by atoms with E-state index in [9.17, 15) is 9.90 Å². The van der Waals surface area contributed by atoms with Crippen LogP contribution in [0, 0.1) is 5.41 Å². The monoisotopic (exact) mass is 241 g/mol. The van der Waals surface area contributed by atoms with Gasteiger partial charge < -0.3 is 5.11 Å². The fourth-order valence-electron chi connectivity index (χ4n) is 1.82. The average molecular weight is 241 g/mol. The van der Waals surface area contributed by atoms with Crippen LogP contribution < -0.4 is 0 Å². The molecule has 18 heavy (non-hydrogen) atoms. The summed E-state index contributed by atoms with van der Waals surface area (Å²) in [6.07, 6.45) is 1.81. The van der Waals surface area contributed by atoms with Crippen LogP contribution in [0.2, 0.25) is 0 Å². The van der Waals surface area contributed by atoms with Gasteiger partial charge in [0.15, 0.2) is 0 Å². The standard InChI is InChI=1S/C15H15NO2/c1-3-15(2,14(17)18)10-12-9-8-11-6-4-5-7-13(11)16-12/h3-9H,1,10H2,2H3,(H,17,18). The van der Waals surface area contributed by atoms with E-state index in [2.05, 4.69) is 11.6 Å². The van der Waals surface area contributed by atoms with E-state index in [4.69, 9.17) is 0 Å². The minimum absolute atomic E-state index is 0.344. The SMILES string of the molecule is C=CC(C)(Cc1ccc2ccccc2n1)C(=O)O. The largest absolute Gasteiger partial charge is 0.481 e. The van der Waals surface area contributed by atoms with Crippen LogP contribution in [0.5, 0.6) is 0 Å². The minimum Gasteiger partial charge on any atom is -0.481 e. The van der Waals surface area contributed by atoms with Gasteiger partial charge in [-0.25, -0.2) is 0 Å². The Morgan fingerprint density at radius 2 is 2.11 bits per heavy atom. The van der Waals surface area contributed by atoms with Crippen LogP contribution in [0.15, 0.2) is 49.1 Å². The number of aromatic nitrogens is 1. The van der Waals surface area contributed by atoms with Crippen molar-refractivity contribution in [2.45, 2.75) is 13.3 Å². The number of benzene rings is 1. The summed E-state index contributed by atoms with van der Waals surface area (Å²) in [6.45, 7) is 5.26. The molecule has 0 amide bonds. The van der Waals surface area contributed by atoms with Crippen LogP contribution in [0.25, 0.3) is 10.9 Å². The maximum Gasteiger partial charge on any atom is 0.313 e. The topological polar surface area (TPSA) is 50.2 Å². The predicted octanol–water partition coefficient (Wildman–Crippen LogP) is 3.05. The molecule has 2 rings (SSSR count). The molecule has 0 aliphatic rings. The van der Waals surface area contributed by atoms with Crippen LogP contribution in [0.4, 0.5) is 0 Å². The number of hydrogen-bond acceptors (Lipinski definition) is 2. The smallest absolute Gasteiger partial charge is 0.313 e. The van der Waals surface area contributed by atoms with E-state index in [0.717, 1.165) is 16.6 Å². The molecule has 0 fully saturated rings. The molecule has 1 N–H and O–H groups in total. The number of carbonyl (C=O) groups is 1. The number of pyridine rings is 1. The second kappa shape index (κ2) is 4.61. The summed E-state index contributed by atoms with van der Waals surface area (Å²) in [5.74, 6) is -0.882. The van der Waals surface area contributed by atoms with Gasteiger partial charge in [-0.3, -0.25) is 9.78 Å². The summed E-state index contributed by atoms with van der Waals surface area (Å²) < 4.78 is 0. The van der Waals surface area contributed by atoms with Gasteiger partial charge in [-0.15, -0.1) is 6.58 Å². The Morgan fingerprint density at radius 1 is 1.39 bits per heavy atom. The third kappa shape index (κ3) is 2.25. The highest BCUT2D eigenvalue weighted by Gasteiger charge is 2.30. The van der Waals surface area contributed by atoms with Gasteiger partial charge in [0.1, 0.15) is 0 Å². The predicted molar refractivity (Wildman–Crippen MR) is 71.4 cm³/mol. The number of fused-ring (bicyclic) bond motifs is 1. The van der Waals surface area contributed by atoms with E-state index in [1.807, 2.05) is 36.4 Å². The van der Waals surface area contributed by atoms with Gasteiger partial charge in [-0.2, -0.15) is 0 Å². The van der Waals surface area contributed by atoms with Crippen LogP contribution in [0.1, 0.15) is 12.6 Å². The lowest BCUT2D eigenvalue weighted by Crippen LogP contribution is -2.27. The fourth-order valence-corrected chi connectivity index (χ4v) is 1.82. The van der Waals surface area contributed by atoms with Gasteiger partial charge in [0.25, 0.3) is 0 Å². The van der Waals surface area contributed by atoms with Crippen molar-refractivity contribution in [1.82, 2.24) is 4.98 Å². The zero-order valence-corrected chi connectivity index (χ0v) is 10.3. The van der Waals surface area contributed by atoms with Crippen molar-refractivity contribution in [2.24, 2.45) is 5.41 Å². The highest BCUT2D eigenvalue weighted by molar-refractivity contribution is 5.79. The molecule has 2 aromatic rings. The Bertz CT molecular complexity index is 606. The van der Waals surface area contributed by atoms with Crippen molar-refractivity contribution < 1.29 is 9.90 Å². The van der Waals surface area contributed by atoms with E-state index >= 15 is 0 Å². The summed E-state index contributed by atoms with van der Waals surface area (Å²) in [4.78, 5) is 15.7. The van der Waals surface area contributed by atoms with Gasteiger partial charge in [-0.05, 0) is 19.1 Å². The molecule has 0 saturated carbocycles. The molecule has 1 heterocycles. The van der Waals surface area contributed by atoms with Crippen molar-refractivity contribution in [3.8, 4) is 0 Å². The molecule has 0 bridgehead atoms. The lowest BCUT2D eigenvalue weighted by Gasteiger charge is -2.19.